The van der Waals surface area contributed by atoms with Crippen LogP contribution < -0.4 is 20.9 Å². The minimum atomic E-state index is -0.719. The Morgan fingerprint density at radius 3 is 2.93 bits per heavy atom. The average Bonchev–Trinajstić information content (AvgIpc) is 3.14. The second-order valence-electron chi connectivity index (χ2n) is 6.45. The molecule has 0 aromatic heterocycles. The molecule has 1 saturated heterocycles. The number of hydrogen-bond acceptors (Lipinski definition) is 6. The zero-order valence-electron chi connectivity index (χ0n) is 15.0. The number of esters is 1. The molecule has 0 bridgehead atoms. The number of nitrogens with one attached hydrogen (secondary N) is 3. The number of fused-ring (bicyclic) bond motifs is 3. The van der Waals surface area contributed by atoms with E-state index in [0.29, 0.717) is 12.2 Å². The van der Waals surface area contributed by atoms with E-state index in [1.165, 1.54) is 6.07 Å². The zero-order valence-corrected chi connectivity index (χ0v) is 15.0. The lowest BCUT2D eigenvalue weighted by atomic mass is 10.1. The minimum absolute atomic E-state index is 0.0806. The number of carbonyl (C=O) groups excluding carboxylic acids is 4. The molecule has 3 N–H and O–H groups in total. The molecule has 0 saturated carbocycles. The SMILES string of the molecule is CCCNC(=O)NC(=O)COC(=O)c1ccc2c(c1)NC(=O)[C@@H]1CCCN21. The molecule has 1 aromatic rings. The summed E-state index contributed by atoms with van der Waals surface area (Å²) in [5.74, 6) is -1.51. The van der Waals surface area contributed by atoms with Crippen molar-refractivity contribution in [2.24, 2.45) is 0 Å². The van der Waals surface area contributed by atoms with E-state index < -0.39 is 24.5 Å². The molecule has 27 heavy (non-hydrogen) atoms. The van der Waals surface area contributed by atoms with Gasteiger partial charge in [-0.25, -0.2) is 9.59 Å². The van der Waals surface area contributed by atoms with Gasteiger partial charge in [-0.2, -0.15) is 0 Å². The first-order valence-corrected chi connectivity index (χ1v) is 8.96. The highest BCUT2D eigenvalue weighted by Crippen LogP contribution is 2.37. The maximum Gasteiger partial charge on any atom is 0.338 e. The lowest BCUT2D eigenvalue weighted by molar-refractivity contribution is -0.123. The van der Waals surface area contributed by atoms with Gasteiger partial charge in [0.05, 0.1) is 16.9 Å². The van der Waals surface area contributed by atoms with Gasteiger partial charge in [0, 0.05) is 13.1 Å². The summed E-state index contributed by atoms with van der Waals surface area (Å²) in [5, 5.41) is 7.37. The maximum atomic E-state index is 12.2. The number of urea groups is 1. The third kappa shape index (κ3) is 4.18. The molecule has 2 aliphatic heterocycles. The Hall–Kier alpha value is -3.10. The Bertz CT molecular complexity index is 779. The first kappa shape index (κ1) is 18.7. The van der Waals surface area contributed by atoms with Crippen LogP contribution in [0.3, 0.4) is 0 Å². The number of hydrogen-bond donors (Lipinski definition) is 3. The van der Waals surface area contributed by atoms with Crippen LogP contribution in [0.25, 0.3) is 0 Å². The van der Waals surface area contributed by atoms with Crippen molar-refractivity contribution >= 4 is 35.2 Å². The third-order valence-electron chi connectivity index (χ3n) is 4.48. The molecule has 9 nitrogen and oxygen atoms in total. The average molecular weight is 374 g/mol. The fraction of sp³-hybridized carbons (Fsp3) is 0.444. The molecule has 144 valence electrons. The Kier molecular flexibility index (Phi) is 5.58. The molecule has 0 radical (unpaired) electrons. The van der Waals surface area contributed by atoms with Crippen molar-refractivity contribution in [3.63, 3.8) is 0 Å². The highest BCUT2D eigenvalue weighted by Gasteiger charge is 2.36. The number of rotatable bonds is 5. The van der Waals surface area contributed by atoms with Crippen molar-refractivity contribution in [3.8, 4) is 0 Å². The Morgan fingerprint density at radius 1 is 1.33 bits per heavy atom. The summed E-state index contributed by atoms with van der Waals surface area (Å²) in [6.45, 7) is 2.55. The summed E-state index contributed by atoms with van der Waals surface area (Å²) in [4.78, 5) is 49.4. The van der Waals surface area contributed by atoms with Crippen LogP contribution in [0.1, 0.15) is 36.5 Å². The number of carbonyl (C=O) groups is 4. The van der Waals surface area contributed by atoms with Gasteiger partial charge in [-0.3, -0.25) is 14.9 Å². The van der Waals surface area contributed by atoms with Crippen molar-refractivity contribution in [1.29, 1.82) is 0 Å². The molecular formula is C18H22N4O5. The van der Waals surface area contributed by atoms with Crippen molar-refractivity contribution in [2.75, 3.05) is 29.9 Å². The van der Waals surface area contributed by atoms with E-state index in [1.54, 1.807) is 12.1 Å². The summed E-state index contributed by atoms with van der Waals surface area (Å²) in [6.07, 6.45) is 2.50. The maximum absolute atomic E-state index is 12.2. The van der Waals surface area contributed by atoms with E-state index >= 15 is 0 Å². The van der Waals surface area contributed by atoms with E-state index in [0.717, 1.165) is 31.5 Å². The van der Waals surface area contributed by atoms with Gasteiger partial charge >= 0.3 is 12.0 Å². The van der Waals surface area contributed by atoms with Crippen LogP contribution in [-0.4, -0.2) is 49.6 Å². The summed E-state index contributed by atoms with van der Waals surface area (Å²) < 4.78 is 4.94. The topological polar surface area (TPSA) is 117 Å². The standard InChI is InChI=1S/C18H22N4O5/c1-2-7-19-18(26)21-15(23)10-27-17(25)11-5-6-13-12(9-11)20-16(24)14-4-3-8-22(13)14/h5-6,9,14H,2-4,7-8,10H2,1H3,(H,20,24)(H2,19,21,23,26)/t14-/m0/s1. The Labute approximate surface area is 156 Å². The van der Waals surface area contributed by atoms with E-state index in [2.05, 4.69) is 16.0 Å². The third-order valence-corrected chi connectivity index (χ3v) is 4.48. The lowest BCUT2D eigenvalue weighted by Crippen LogP contribution is -2.44. The van der Waals surface area contributed by atoms with E-state index in [9.17, 15) is 19.2 Å². The smallest absolute Gasteiger partial charge is 0.338 e. The van der Waals surface area contributed by atoms with E-state index in [4.69, 9.17) is 4.74 Å². The van der Waals surface area contributed by atoms with Gasteiger partial charge in [-0.15, -0.1) is 0 Å². The summed E-state index contributed by atoms with van der Waals surface area (Å²) in [5.41, 5.74) is 1.64. The Morgan fingerprint density at radius 2 is 2.15 bits per heavy atom. The van der Waals surface area contributed by atoms with Crippen LogP contribution in [0.15, 0.2) is 18.2 Å². The molecule has 9 heteroatoms. The molecule has 1 aromatic carbocycles. The monoisotopic (exact) mass is 374 g/mol. The summed E-state index contributed by atoms with van der Waals surface area (Å²) in [7, 11) is 0. The number of imide groups is 1. The number of benzene rings is 1. The van der Waals surface area contributed by atoms with Crippen molar-refractivity contribution < 1.29 is 23.9 Å². The van der Waals surface area contributed by atoms with Gasteiger partial charge in [0.1, 0.15) is 6.04 Å². The van der Waals surface area contributed by atoms with Crippen LogP contribution in [0.5, 0.6) is 0 Å². The van der Waals surface area contributed by atoms with E-state index in [-0.39, 0.29) is 17.5 Å². The number of nitrogens with zero attached hydrogens (tertiary/aromatic N) is 1. The molecule has 4 amide bonds. The van der Waals surface area contributed by atoms with Gasteiger partial charge in [0.25, 0.3) is 5.91 Å². The van der Waals surface area contributed by atoms with Gasteiger partial charge < -0.3 is 20.3 Å². The van der Waals surface area contributed by atoms with Gasteiger partial charge in [0.2, 0.25) is 5.91 Å². The van der Waals surface area contributed by atoms with Crippen LogP contribution in [0.2, 0.25) is 0 Å². The van der Waals surface area contributed by atoms with Crippen molar-refractivity contribution in [2.45, 2.75) is 32.2 Å². The molecular weight excluding hydrogens is 352 g/mol. The minimum Gasteiger partial charge on any atom is -0.452 e. The molecule has 0 spiro atoms. The van der Waals surface area contributed by atoms with Gasteiger partial charge in [0.15, 0.2) is 6.61 Å². The zero-order chi connectivity index (χ0) is 19.4. The van der Waals surface area contributed by atoms with Crippen molar-refractivity contribution in [1.82, 2.24) is 10.6 Å². The highest BCUT2D eigenvalue weighted by molar-refractivity contribution is 6.05. The Balaban J connectivity index is 1.58. The summed E-state index contributed by atoms with van der Waals surface area (Å²) in [6, 6.07) is 4.12. The van der Waals surface area contributed by atoms with Gasteiger partial charge in [-0.1, -0.05) is 6.92 Å². The van der Waals surface area contributed by atoms with Gasteiger partial charge in [-0.05, 0) is 37.5 Å². The highest BCUT2D eigenvalue weighted by atomic mass is 16.5. The molecule has 3 rings (SSSR count). The fourth-order valence-corrected chi connectivity index (χ4v) is 3.22. The van der Waals surface area contributed by atoms with Crippen LogP contribution in [0.4, 0.5) is 16.2 Å². The van der Waals surface area contributed by atoms with Crippen LogP contribution in [-0.2, 0) is 14.3 Å². The summed E-state index contributed by atoms with van der Waals surface area (Å²) >= 11 is 0. The van der Waals surface area contributed by atoms with Crippen LogP contribution >= 0.6 is 0 Å². The fourth-order valence-electron chi connectivity index (χ4n) is 3.22. The molecule has 0 unspecified atom stereocenters. The number of anilines is 2. The lowest BCUT2D eigenvalue weighted by Gasteiger charge is -2.33. The molecule has 1 atom stereocenters. The normalized spacial score (nSPS) is 17.4. The predicted octanol–water partition coefficient (Wildman–Crippen LogP) is 1.00. The van der Waals surface area contributed by atoms with E-state index in [1.807, 2.05) is 11.8 Å². The largest absolute Gasteiger partial charge is 0.452 e. The first-order chi connectivity index (χ1) is 13.0. The second-order valence-corrected chi connectivity index (χ2v) is 6.45. The van der Waals surface area contributed by atoms with Crippen LogP contribution in [0, 0.1) is 0 Å². The molecule has 2 aliphatic rings. The second kappa shape index (κ2) is 8.07. The van der Waals surface area contributed by atoms with Crippen molar-refractivity contribution in [3.05, 3.63) is 23.8 Å². The molecule has 0 aliphatic carbocycles. The quantitative estimate of drug-likeness (QED) is 0.662. The molecule has 2 heterocycles. The number of amides is 4. The molecule has 1 fully saturated rings. The number of ether oxygens (including phenoxy) is 1. The first-order valence-electron chi connectivity index (χ1n) is 8.96. The predicted molar refractivity (Wildman–Crippen MR) is 97.6 cm³/mol.